The minimum atomic E-state index is -0.00133. The first-order chi connectivity index (χ1) is 10.6. The van der Waals surface area contributed by atoms with Gasteiger partial charge in [-0.2, -0.15) is 0 Å². The van der Waals surface area contributed by atoms with Gasteiger partial charge in [0.25, 0.3) is 0 Å². The van der Waals surface area contributed by atoms with Crippen molar-refractivity contribution in [2.24, 2.45) is 11.8 Å². The van der Waals surface area contributed by atoms with Gasteiger partial charge in [-0.3, -0.25) is 9.59 Å². The average Bonchev–Trinajstić information content (AvgIpc) is 2.97. The molecule has 0 saturated carbocycles. The van der Waals surface area contributed by atoms with Crippen LogP contribution in [0.2, 0.25) is 0 Å². The molecule has 1 aromatic carbocycles. The molecule has 118 valence electrons. The van der Waals surface area contributed by atoms with Crippen LogP contribution in [0.3, 0.4) is 0 Å². The maximum atomic E-state index is 12.5. The molecule has 0 bridgehead atoms. The van der Waals surface area contributed by atoms with Gasteiger partial charge in [-0.15, -0.1) is 0 Å². The highest BCUT2D eigenvalue weighted by atomic mass is 16.5. The van der Waals surface area contributed by atoms with E-state index in [1.807, 2.05) is 36.2 Å². The average molecular weight is 302 g/mol. The van der Waals surface area contributed by atoms with Crippen LogP contribution in [0, 0.1) is 11.8 Å². The number of fused-ring (bicyclic) bond motifs is 1. The van der Waals surface area contributed by atoms with Crippen molar-refractivity contribution in [2.45, 2.75) is 12.8 Å². The topological polar surface area (TPSA) is 49.9 Å². The second-order valence-electron chi connectivity index (χ2n) is 6.24. The molecule has 3 rings (SSSR count). The molecular formula is C17H22N2O3. The molecular weight excluding hydrogens is 280 g/mol. The highest BCUT2D eigenvalue weighted by molar-refractivity contribution is 5.84. The third kappa shape index (κ3) is 2.80. The summed E-state index contributed by atoms with van der Waals surface area (Å²) >= 11 is 0. The number of carbonyl (C=O) groups is 2. The fourth-order valence-corrected chi connectivity index (χ4v) is 3.43. The number of likely N-dealkylation sites (tertiary alicyclic amines) is 2. The Kier molecular flexibility index (Phi) is 4.05. The molecule has 5 heteroatoms. The molecule has 0 N–H and O–H groups in total. The molecule has 1 aromatic rings. The summed E-state index contributed by atoms with van der Waals surface area (Å²) in [7, 11) is 3.47. The number of ether oxygens (including phenoxy) is 1. The summed E-state index contributed by atoms with van der Waals surface area (Å²) < 4.78 is 5.12. The molecule has 2 fully saturated rings. The van der Waals surface area contributed by atoms with Crippen LogP contribution in [-0.4, -0.2) is 55.4 Å². The van der Waals surface area contributed by atoms with E-state index in [2.05, 4.69) is 0 Å². The fraction of sp³-hybridized carbons (Fsp3) is 0.529. The van der Waals surface area contributed by atoms with Crippen LogP contribution >= 0.6 is 0 Å². The van der Waals surface area contributed by atoms with E-state index < -0.39 is 0 Å². The largest absolute Gasteiger partial charge is 0.497 e. The second-order valence-corrected chi connectivity index (χ2v) is 6.24. The second kappa shape index (κ2) is 5.99. The lowest BCUT2D eigenvalue weighted by atomic mass is 9.88. The smallest absolute Gasteiger partial charge is 0.227 e. The van der Waals surface area contributed by atoms with Gasteiger partial charge >= 0.3 is 0 Å². The lowest BCUT2D eigenvalue weighted by molar-refractivity contribution is -0.138. The number of hydrogen-bond donors (Lipinski definition) is 0. The van der Waals surface area contributed by atoms with Gasteiger partial charge in [0.2, 0.25) is 11.8 Å². The summed E-state index contributed by atoms with van der Waals surface area (Å²) in [4.78, 5) is 28.3. The van der Waals surface area contributed by atoms with Crippen LogP contribution in [0.5, 0.6) is 5.75 Å². The Morgan fingerprint density at radius 3 is 2.68 bits per heavy atom. The summed E-state index contributed by atoms with van der Waals surface area (Å²) in [5.74, 6) is 1.42. The van der Waals surface area contributed by atoms with Crippen LogP contribution < -0.4 is 4.74 Å². The highest BCUT2D eigenvalue weighted by Crippen LogP contribution is 2.31. The lowest BCUT2D eigenvalue weighted by Gasteiger charge is -2.30. The number of nitrogens with zero attached hydrogens (tertiary/aromatic N) is 2. The number of benzene rings is 1. The number of hydrogen-bond acceptors (Lipinski definition) is 3. The zero-order valence-electron chi connectivity index (χ0n) is 13.1. The van der Waals surface area contributed by atoms with Gasteiger partial charge in [0, 0.05) is 26.7 Å². The molecule has 2 heterocycles. The third-order valence-corrected chi connectivity index (χ3v) is 4.84. The molecule has 2 aliphatic heterocycles. The lowest BCUT2D eigenvalue weighted by Crippen LogP contribution is -2.42. The van der Waals surface area contributed by atoms with E-state index in [0.717, 1.165) is 30.8 Å². The summed E-state index contributed by atoms with van der Waals surface area (Å²) in [5.41, 5.74) is 0.976. The first-order valence-electron chi connectivity index (χ1n) is 7.74. The number of methoxy groups -OCH3 is 1. The maximum Gasteiger partial charge on any atom is 0.227 e. The zero-order valence-corrected chi connectivity index (χ0v) is 13.1. The molecule has 0 aliphatic carbocycles. The van der Waals surface area contributed by atoms with Crippen LogP contribution in [0.15, 0.2) is 24.3 Å². The van der Waals surface area contributed by atoms with Crippen LogP contribution in [0.25, 0.3) is 0 Å². The fourth-order valence-electron chi connectivity index (χ4n) is 3.43. The highest BCUT2D eigenvalue weighted by Gasteiger charge is 2.43. The molecule has 0 unspecified atom stereocenters. The van der Waals surface area contributed by atoms with Crippen molar-refractivity contribution in [1.82, 2.24) is 9.80 Å². The molecule has 0 spiro atoms. The van der Waals surface area contributed by atoms with E-state index in [1.165, 1.54) is 0 Å². The first-order valence-corrected chi connectivity index (χ1v) is 7.74. The van der Waals surface area contributed by atoms with Crippen molar-refractivity contribution in [1.29, 1.82) is 0 Å². The van der Waals surface area contributed by atoms with Crippen LogP contribution in [-0.2, 0) is 16.0 Å². The zero-order chi connectivity index (χ0) is 15.7. The van der Waals surface area contributed by atoms with Crippen molar-refractivity contribution in [3.05, 3.63) is 29.8 Å². The van der Waals surface area contributed by atoms with Gasteiger partial charge in [0.05, 0.1) is 19.4 Å². The minimum absolute atomic E-state index is 0.00133. The molecule has 2 aliphatic rings. The standard InChI is InChI=1S/C17H22N2O3/c1-18-8-7-13-10-19(11-15(13)17(18)21)16(20)9-12-3-5-14(22-2)6-4-12/h3-6,13,15H,7-11H2,1-2H3/t13-,15+/m1/s1. The number of rotatable bonds is 3. The van der Waals surface area contributed by atoms with E-state index in [-0.39, 0.29) is 17.7 Å². The van der Waals surface area contributed by atoms with Crippen LogP contribution in [0.4, 0.5) is 0 Å². The molecule has 5 nitrogen and oxygen atoms in total. The van der Waals surface area contributed by atoms with Gasteiger partial charge in [0.15, 0.2) is 0 Å². The Morgan fingerprint density at radius 1 is 1.27 bits per heavy atom. The third-order valence-electron chi connectivity index (χ3n) is 4.84. The first kappa shape index (κ1) is 14.9. The quantitative estimate of drug-likeness (QED) is 0.842. The van der Waals surface area contributed by atoms with Gasteiger partial charge in [0.1, 0.15) is 5.75 Å². The van der Waals surface area contributed by atoms with Crippen molar-refractivity contribution < 1.29 is 14.3 Å². The van der Waals surface area contributed by atoms with E-state index in [9.17, 15) is 9.59 Å². The Bertz CT molecular complexity index is 570. The Labute approximate surface area is 130 Å². The SMILES string of the molecule is COc1ccc(CC(=O)N2C[C@H]3CCN(C)C(=O)[C@H]3C2)cc1. The summed E-state index contributed by atoms with van der Waals surface area (Å²) in [6.45, 7) is 2.10. The molecule has 2 amide bonds. The Balaban J connectivity index is 1.62. The van der Waals surface area contributed by atoms with E-state index in [1.54, 1.807) is 12.0 Å². The van der Waals surface area contributed by atoms with Gasteiger partial charge in [-0.1, -0.05) is 12.1 Å². The van der Waals surface area contributed by atoms with Gasteiger partial charge in [-0.05, 0) is 30.0 Å². The summed E-state index contributed by atoms with van der Waals surface area (Å²) in [5, 5.41) is 0. The van der Waals surface area contributed by atoms with E-state index in [0.29, 0.717) is 18.9 Å². The monoisotopic (exact) mass is 302 g/mol. The minimum Gasteiger partial charge on any atom is -0.497 e. The maximum absolute atomic E-state index is 12.5. The predicted molar refractivity (Wildman–Crippen MR) is 82.5 cm³/mol. The number of amides is 2. The number of carbonyl (C=O) groups excluding carboxylic acids is 2. The summed E-state index contributed by atoms with van der Waals surface area (Å²) in [6, 6.07) is 7.56. The van der Waals surface area contributed by atoms with E-state index in [4.69, 9.17) is 4.74 Å². The van der Waals surface area contributed by atoms with Gasteiger partial charge in [-0.25, -0.2) is 0 Å². The van der Waals surface area contributed by atoms with Crippen molar-refractivity contribution in [3.63, 3.8) is 0 Å². The van der Waals surface area contributed by atoms with Crippen molar-refractivity contribution in [2.75, 3.05) is 33.8 Å². The molecule has 0 radical (unpaired) electrons. The number of piperidine rings is 1. The Hall–Kier alpha value is -2.04. The molecule has 22 heavy (non-hydrogen) atoms. The molecule has 2 atom stereocenters. The van der Waals surface area contributed by atoms with E-state index >= 15 is 0 Å². The molecule has 0 aromatic heterocycles. The molecule has 2 saturated heterocycles. The normalized spacial score (nSPS) is 24.4. The van der Waals surface area contributed by atoms with Crippen molar-refractivity contribution in [3.8, 4) is 5.75 Å². The van der Waals surface area contributed by atoms with Crippen molar-refractivity contribution >= 4 is 11.8 Å². The summed E-state index contributed by atoms with van der Waals surface area (Å²) in [6.07, 6.45) is 1.38. The van der Waals surface area contributed by atoms with Crippen LogP contribution in [0.1, 0.15) is 12.0 Å². The Morgan fingerprint density at radius 2 is 2.00 bits per heavy atom. The van der Waals surface area contributed by atoms with Gasteiger partial charge < -0.3 is 14.5 Å². The predicted octanol–water partition coefficient (Wildman–Crippen LogP) is 1.17.